The van der Waals surface area contributed by atoms with Crippen molar-refractivity contribution in [1.82, 2.24) is 5.32 Å². The molecule has 1 aromatic rings. The number of carbonyl (C=O) groups excluding carboxylic acids is 1. The Morgan fingerprint density at radius 3 is 2.59 bits per heavy atom. The quantitative estimate of drug-likeness (QED) is 0.681. The average molecular weight is 230 g/mol. The van der Waals surface area contributed by atoms with E-state index in [0.29, 0.717) is 5.71 Å². The molecular weight excluding hydrogens is 214 g/mol. The highest BCUT2D eigenvalue weighted by molar-refractivity contribution is 6.46. The third-order valence-corrected chi connectivity index (χ3v) is 3.46. The minimum atomic E-state index is -0.322. The van der Waals surface area contributed by atoms with Crippen LogP contribution in [0.4, 0.5) is 0 Å². The molecule has 1 saturated heterocycles. The first-order valence-corrected chi connectivity index (χ1v) is 6.09. The van der Waals surface area contributed by atoms with Crippen LogP contribution in [0.5, 0.6) is 0 Å². The van der Waals surface area contributed by atoms with Crippen molar-refractivity contribution in [2.75, 3.05) is 13.1 Å². The van der Waals surface area contributed by atoms with Crippen LogP contribution in [0.3, 0.4) is 0 Å². The Hall–Kier alpha value is -1.68. The van der Waals surface area contributed by atoms with Crippen LogP contribution in [-0.2, 0) is 4.79 Å². The molecule has 0 radical (unpaired) electrons. The van der Waals surface area contributed by atoms with Gasteiger partial charge in [0.1, 0.15) is 11.4 Å². The van der Waals surface area contributed by atoms with Crippen molar-refractivity contribution in [2.45, 2.75) is 18.5 Å². The molecule has 3 N–H and O–H groups in total. The fourth-order valence-corrected chi connectivity index (χ4v) is 2.54. The number of hydrogen-bond donors (Lipinski definition) is 2. The zero-order valence-corrected chi connectivity index (χ0v) is 9.65. The number of nitrogens with two attached hydrogens (primary N) is 1. The number of piperidine rings is 1. The standard InChI is InChI=1S/C13H15N3O/c17-12-11(10-4-2-1-3-5-10)15-13(16-12)6-8-14-9-7-13/h1-5,14H,6-9H2,(H,16,17)/p+1. The van der Waals surface area contributed by atoms with Crippen LogP contribution in [0, 0.1) is 0 Å². The Bertz CT molecular complexity index is 461. The highest BCUT2D eigenvalue weighted by Gasteiger charge is 2.41. The number of benzene rings is 1. The van der Waals surface area contributed by atoms with Crippen LogP contribution in [0.2, 0.25) is 0 Å². The zero-order valence-electron chi connectivity index (χ0n) is 9.65. The summed E-state index contributed by atoms with van der Waals surface area (Å²) in [5, 5.41) is 5.33. The molecule has 0 bridgehead atoms. The van der Waals surface area contributed by atoms with Crippen molar-refractivity contribution >= 4 is 11.6 Å². The van der Waals surface area contributed by atoms with E-state index in [2.05, 4.69) is 15.6 Å². The lowest BCUT2D eigenvalue weighted by atomic mass is 10.00. The van der Waals surface area contributed by atoms with E-state index in [-0.39, 0.29) is 11.6 Å². The topological polar surface area (TPSA) is 58.1 Å². The molecular formula is C13H16N3O+. The van der Waals surface area contributed by atoms with E-state index < -0.39 is 0 Å². The maximum atomic E-state index is 12.0. The van der Waals surface area contributed by atoms with Gasteiger partial charge in [-0.2, -0.15) is 0 Å². The SMILES string of the molecule is O=C1NC2(CC[NH2+]CC2)N=C1c1ccccc1. The Morgan fingerprint density at radius 1 is 1.18 bits per heavy atom. The summed E-state index contributed by atoms with van der Waals surface area (Å²) in [6.45, 7) is 2.07. The van der Waals surface area contributed by atoms with Crippen LogP contribution in [0.15, 0.2) is 35.3 Å². The van der Waals surface area contributed by atoms with Gasteiger partial charge in [-0.15, -0.1) is 0 Å². The summed E-state index contributed by atoms with van der Waals surface area (Å²) < 4.78 is 0. The largest absolute Gasteiger partial charge is 0.346 e. The summed E-state index contributed by atoms with van der Waals surface area (Å²) in [6, 6.07) is 9.69. The number of carbonyl (C=O) groups is 1. The van der Waals surface area contributed by atoms with E-state index in [4.69, 9.17) is 0 Å². The van der Waals surface area contributed by atoms with Crippen molar-refractivity contribution in [2.24, 2.45) is 4.99 Å². The van der Waals surface area contributed by atoms with Gasteiger partial charge < -0.3 is 10.6 Å². The van der Waals surface area contributed by atoms with Gasteiger partial charge >= 0.3 is 0 Å². The molecule has 0 saturated carbocycles. The number of amides is 1. The van der Waals surface area contributed by atoms with Gasteiger partial charge in [0.15, 0.2) is 0 Å². The number of nitrogens with one attached hydrogen (secondary N) is 1. The lowest BCUT2D eigenvalue weighted by Gasteiger charge is -2.28. The maximum Gasteiger partial charge on any atom is 0.272 e. The Labute approximate surface area is 100 Å². The first-order valence-electron chi connectivity index (χ1n) is 6.09. The second-order valence-corrected chi connectivity index (χ2v) is 4.68. The normalized spacial score (nSPS) is 22.4. The molecule has 0 aliphatic carbocycles. The number of rotatable bonds is 1. The first kappa shape index (κ1) is 10.5. The summed E-state index contributed by atoms with van der Waals surface area (Å²) in [5.41, 5.74) is 1.18. The molecule has 1 fully saturated rings. The molecule has 17 heavy (non-hydrogen) atoms. The molecule has 2 aliphatic heterocycles. The molecule has 0 atom stereocenters. The summed E-state index contributed by atoms with van der Waals surface area (Å²) in [7, 11) is 0. The van der Waals surface area contributed by atoms with E-state index in [1.54, 1.807) is 0 Å². The summed E-state index contributed by atoms with van der Waals surface area (Å²) in [6.07, 6.45) is 1.85. The van der Waals surface area contributed by atoms with Gasteiger partial charge in [0.05, 0.1) is 13.1 Å². The molecule has 2 heterocycles. The van der Waals surface area contributed by atoms with Gasteiger partial charge in [-0.1, -0.05) is 30.3 Å². The fraction of sp³-hybridized carbons (Fsp3) is 0.385. The second kappa shape index (κ2) is 3.96. The molecule has 0 aromatic heterocycles. The van der Waals surface area contributed by atoms with Gasteiger partial charge in [-0.05, 0) is 0 Å². The Kier molecular flexibility index (Phi) is 2.44. The molecule has 1 spiro atoms. The van der Waals surface area contributed by atoms with Crippen molar-refractivity contribution < 1.29 is 10.1 Å². The van der Waals surface area contributed by atoms with Gasteiger partial charge in [0.2, 0.25) is 0 Å². The van der Waals surface area contributed by atoms with E-state index in [0.717, 1.165) is 31.5 Å². The van der Waals surface area contributed by atoms with E-state index >= 15 is 0 Å². The van der Waals surface area contributed by atoms with Crippen molar-refractivity contribution in [3.05, 3.63) is 35.9 Å². The number of aliphatic imine (C=N–C) groups is 1. The summed E-state index contributed by atoms with van der Waals surface area (Å²) in [4.78, 5) is 16.7. The molecule has 0 unspecified atom stereocenters. The van der Waals surface area contributed by atoms with E-state index in [9.17, 15) is 4.79 Å². The summed E-state index contributed by atoms with van der Waals surface area (Å²) >= 11 is 0. The Morgan fingerprint density at radius 2 is 1.88 bits per heavy atom. The predicted molar refractivity (Wildman–Crippen MR) is 64.7 cm³/mol. The third kappa shape index (κ3) is 1.85. The van der Waals surface area contributed by atoms with Crippen LogP contribution in [0.1, 0.15) is 18.4 Å². The van der Waals surface area contributed by atoms with E-state index in [1.165, 1.54) is 0 Å². The van der Waals surface area contributed by atoms with E-state index in [1.807, 2.05) is 30.3 Å². The van der Waals surface area contributed by atoms with Crippen LogP contribution in [0.25, 0.3) is 0 Å². The molecule has 88 valence electrons. The molecule has 2 aliphatic rings. The molecule has 4 heteroatoms. The number of hydrogen-bond acceptors (Lipinski definition) is 2. The summed E-state index contributed by atoms with van der Waals surface area (Å²) in [5.74, 6) is -0.0295. The van der Waals surface area contributed by atoms with Gasteiger partial charge in [0.25, 0.3) is 5.91 Å². The zero-order chi connectivity index (χ0) is 11.7. The van der Waals surface area contributed by atoms with Crippen LogP contribution < -0.4 is 10.6 Å². The van der Waals surface area contributed by atoms with Gasteiger partial charge in [0, 0.05) is 18.4 Å². The lowest BCUT2D eigenvalue weighted by molar-refractivity contribution is -0.665. The van der Waals surface area contributed by atoms with Crippen molar-refractivity contribution in [3.63, 3.8) is 0 Å². The monoisotopic (exact) mass is 230 g/mol. The highest BCUT2D eigenvalue weighted by atomic mass is 16.2. The van der Waals surface area contributed by atoms with Crippen LogP contribution >= 0.6 is 0 Å². The minimum absolute atomic E-state index is 0.0295. The highest BCUT2D eigenvalue weighted by Crippen LogP contribution is 2.24. The number of quaternary nitrogens is 1. The average Bonchev–Trinajstić information content (AvgIpc) is 2.68. The van der Waals surface area contributed by atoms with Crippen LogP contribution in [-0.4, -0.2) is 30.4 Å². The van der Waals surface area contributed by atoms with Gasteiger partial charge in [-0.3, -0.25) is 9.79 Å². The minimum Gasteiger partial charge on any atom is -0.346 e. The molecule has 1 amide bonds. The second-order valence-electron chi connectivity index (χ2n) is 4.68. The third-order valence-electron chi connectivity index (χ3n) is 3.46. The number of nitrogens with zero attached hydrogens (tertiary/aromatic N) is 1. The lowest BCUT2D eigenvalue weighted by Crippen LogP contribution is -2.88. The van der Waals surface area contributed by atoms with Crippen molar-refractivity contribution in [1.29, 1.82) is 0 Å². The molecule has 3 rings (SSSR count). The van der Waals surface area contributed by atoms with Crippen molar-refractivity contribution in [3.8, 4) is 0 Å². The predicted octanol–water partition coefficient (Wildman–Crippen LogP) is -0.341. The Balaban J connectivity index is 1.94. The maximum absolute atomic E-state index is 12.0. The first-order chi connectivity index (χ1) is 8.29. The fourth-order valence-electron chi connectivity index (χ4n) is 2.54. The molecule has 1 aromatic carbocycles. The molecule has 4 nitrogen and oxygen atoms in total. The van der Waals surface area contributed by atoms with Gasteiger partial charge in [-0.25, -0.2) is 0 Å². The smallest absolute Gasteiger partial charge is 0.272 e.